The molecule has 2 aromatic heterocycles. The van der Waals surface area contributed by atoms with Crippen LogP contribution in [0.5, 0.6) is 0 Å². The summed E-state index contributed by atoms with van der Waals surface area (Å²) in [6.07, 6.45) is 3.81. The van der Waals surface area contributed by atoms with Crippen molar-refractivity contribution in [2.24, 2.45) is 7.05 Å². The fraction of sp³-hybridized carbons (Fsp3) is 0.588. The Hall–Kier alpha value is -1.23. The maximum Gasteiger partial charge on any atom is 0.225 e. The highest BCUT2D eigenvalue weighted by atomic mass is 35.5. The molecule has 3 heterocycles. The van der Waals surface area contributed by atoms with E-state index in [9.17, 15) is 4.79 Å². The normalized spacial score (nSPS) is 16.9. The Morgan fingerprint density at radius 3 is 2.89 bits per heavy atom. The number of nitrogens with zero attached hydrogens (tertiary/aromatic N) is 5. The van der Waals surface area contributed by atoms with Crippen LogP contribution in [0.3, 0.4) is 0 Å². The van der Waals surface area contributed by atoms with Crippen LogP contribution in [-0.2, 0) is 23.1 Å². The van der Waals surface area contributed by atoms with Gasteiger partial charge in [-0.2, -0.15) is 0 Å². The minimum Gasteiger partial charge on any atom is -0.383 e. The van der Waals surface area contributed by atoms with Gasteiger partial charge in [-0.25, -0.2) is 9.97 Å². The Morgan fingerprint density at radius 1 is 1.46 bits per heavy atom. The van der Waals surface area contributed by atoms with E-state index >= 15 is 0 Å². The number of halogens is 2. The molecule has 2 aromatic rings. The molecule has 1 aliphatic rings. The van der Waals surface area contributed by atoms with Crippen molar-refractivity contribution in [3.05, 3.63) is 29.3 Å². The van der Waals surface area contributed by atoms with Crippen LogP contribution < -0.4 is 10.2 Å². The number of hydrogen-bond acceptors (Lipinski definition) is 7. The van der Waals surface area contributed by atoms with E-state index in [0.29, 0.717) is 13.2 Å². The van der Waals surface area contributed by atoms with Crippen LogP contribution in [0.15, 0.2) is 17.8 Å². The zero-order valence-corrected chi connectivity index (χ0v) is 18.8. The van der Waals surface area contributed by atoms with Crippen LogP contribution in [0.1, 0.15) is 24.5 Å². The number of thiazole rings is 1. The molecule has 3 rings (SSSR count). The fourth-order valence-corrected chi connectivity index (χ4v) is 4.05. The van der Waals surface area contributed by atoms with Gasteiger partial charge in [0.05, 0.1) is 24.9 Å². The summed E-state index contributed by atoms with van der Waals surface area (Å²) >= 11 is 1.50. The van der Waals surface area contributed by atoms with Crippen molar-refractivity contribution in [1.29, 1.82) is 0 Å². The van der Waals surface area contributed by atoms with E-state index < -0.39 is 0 Å². The SMILES string of the molecule is COCCN(C(C)=O)c1nc(CN2CCNCC2c2nccn2C)cs1.Cl.Cl. The first-order valence-electron chi connectivity index (χ1n) is 8.73. The highest BCUT2D eigenvalue weighted by Crippen LogP contribution is 2.26. The van der Waals surface area contributed by atoms with Gasteiger partial charge < -0.3 is 14.6 Å². The van der Waals surface area contributed by atoms with Crippen molar-refractivity contribution in [2.45, 2.75) is 19.5 Å². The van der Waals surface area contributed by atoms with Crippen LogP contribution in [0.2, 0.25) is 0 Å². The van der Waals surface area contributed by atoms with Gasteiger partial charge in [0.2, 0.25) is 5.91 Å². The number of anilines is 1. The summed E-state index contributed by atoms with van der Waals surface area (Å²) in [6.45, 7) is 6.07. The number of carbonyl (C=O) groups excluding carboxylic acids is 1. The third-order valence-corrected chi connectivity index (χ3v) is 5.46. The Balaban J connectivity index is 0.00000196. The van der Waals surface area contributed by atoms with E-state index in [0.717, 1.165) is 42.8 Å². The van der Waals surface area contributed by atoms with Gasteiger partial charge >= 0.3 is 0 Å². The van der Waals surface area contributed by atoms with Gasteiger partial charge in [0.15, 0.2) is 5.13 Å². The third kappa shape index (κ3) is 5.88. The second-order valence-corrected chi connectivity index (χ2v) is 7.21. The molecule has 1 aliphatic heterocycles. The first-order chi connectivity index (χ1) is 12.6. The quantitative estimate of drug-likeness (QED) is 0.693. The number of aryl methyl sites for hydroxylation is 1. The summed E-state index contributed by atoms with van der Waals surface area (Å²) in [5.41, 5.74) is 0.981. The summed E-state index contributed by atoms with van der Waals surface area (Å²) < 4.78 is 7.17. The zero-order valence-electron chi connectivity index (χ0n) is 16.3. The Bertz CT molecular complexity index is 741. The number of methoxy groups -OCH3 is 1. The fourth-order valence-electron chi connectivity index (χ4n) is 3.16. The molecule has 0 aliphatic carbocycles. The molecule has 1 saturated heterocycles. The van der Waals surface area contributed by atoms with Crippen molar-refractivity contribution in [2.75, 3.05) is 44.8 Å². The molecule has 1 N–H and O–H groups in total. The van der Waals surface area contributed by atoms with Gasteiger partial charge in [-0.1, -0.05) is 0 Å². The standard InChI is InChI=1S/C17H26N6O2S.2ClH/c1-13(24)23(8-9-25-3)17-20-14(12-26-17)11-22-7-4-18-10-15(22)16-19-5-6-21(16)2;;/h5-6,12,15,18H,4,7-11H2,1-3H3;2*1H. The molecule has 8 nitrogen and oxygen atoms in total. The molecule has 0 aromatic carbocycles. The van der Waals surface area contributed by atoms with Gasteiger partial charge in [-0.05, 0) is 0 Å². The average molecular weight is 451 g/mol. The van der Waals surface area contributed by atoms with Crippen LogP contribution in [0, 0.1) is 0 Å². The number of piperazine rings is 1. The van der Waals surface area contributed by atoms with Crippen LogP contribution >= 0.6 is 36.2 Å². The second-order valence-electron chi connectivity index (χ2n) is 6.37. The Kier molecular flexibility index (Phi) is 10.4. The zero-order chi connectivity index (χ0) is 18.5. The minimum atomic E-state index is -0.0176. The topological polar surface area (TPSA) is 75.5 Å². The molecular weight excluding hydrogens is 423 g/mol. The summed E-state index contributed by atoms with van der Waals surface area (Å²) in [7, 11) is 3.66. The van der Waals surface area contributed by atoms with E-state index in [4.69, 9.17) is 9.72 Å². The maximum absolute atomic E-state index is 11.9. The number of ether oxygens (including phenoxy) is 1. The molecule has 1 atom stereocenters. The Morgan fingerprint density at radius 2 is 2.25 bits per heavy atom. The van der Waals surface area contributed by atoms with E-state index in [1.165, 1.54) is 11.3 Å². The first-order valence-corrected chi connectivity index (χ1v) is 9.61. The molecule has 0 bridgehead atoms. The lowest BCUT2D eigenvalue weighted by Gasteiger charge is -2.35. The second kappa shape index (κ2) is 11.7. The van der Waals surface area contributed by atoms with Crippen molar-refractivity contribution in [3.8, 4) is 0 Å². The van der Waals surface area contributed by atoms with Crippen molar-refractivity contribution < 1.29 is 9.53 Å². The van der Waals surface area contributed by atoms with Crippen LogP contribution in [-0.4, -0.2) is 65.2 Å². The molecule has 1 unspecified atom stereocenters. The molecule has 28 heavy (non-hydrogen) atoms. The van der Waals surface area contributed by atoms with Gasteiger partial charge in [0.25, 0.3) is 0 Å². The Labute approximate surface area is 182 Å². The van der Waals surface area contributed by atoms with Crippen LogP contribution in [0.25, 0.3) is 0 Å². The highest BCUT2D eigenvalue weighted by Gasteiger charge is 2.27. The lowest BCUT2D eigenvalue weighted by atomic mass is 10.1. The molecule has 1 amide bonds. The predicted octanol–water partition coefficient (Wildman–Crippen LogP) is 1.87. The summed E-state index contributed by atoms with van der Waals surface area (Å²) in [4.78, 5) is 25.2. The van der Waals surface area contributed by atoms with Gasteiger partial charge in [0.1, 0.15) is 5.82 Å². The lowest BCUT2D eigenvalue weighted by Crippen LogP contribution is -2.46. The molecule has 0 saturated carbocycles. The summed E-state index contributed by atoms with van der Waals surface area (Å²) in [6, 6.07) is 0.214. The smallest absolute Gasteiger partial charge is 0.225 e. The van der Waals surface area contributed by atoms with E-state index in [1.54, 1.807) is 18.9 Å². The highest BCUT2D eigenvalue weighted by molar-refractivity contribution is 7.14. The van der Waals surface area contributed by atoms with Crippen molar-refractivity contribution in [3.63, 3.8) is 0 Å². The number of rotatable bonds is 7. The van der Waals surface area contributed by atoms with E-state index in [2.05, 4.69) is 19.8 Å². The number of carbonyl (C=O) groups is 1. The third-order valence-electron chi connectivity index (χ3n) is 4.55. The summed E-state index contributed by atoms with van der Waals surface area (Å²) in [5.74, 6) is 1.04. The molecule has 1 fully saturated rings. The largest absolute Gasteiger partial charge is 0.383 e. The minimum absolute atomic E-state index is 0. The van der Waals surface area contributed by atoms with Gasteiger partial charge in [-0.3, -0.25) is 14.6 Å². The maximum atomic E-state index is 11.9. The monoisotopic (exact) mass is 450 g/mol. The molecule has 158 valence electrons. The molecule has 11 heteroatoms. The molecular formula is C17H28Cl2N6O2S. The van der Waals surface area contributed by atoms with E-state index in [-0.39, 0.29) is 36.8 Å². The number of aromatic nitrogens is 3. The number of amides is 1. The molecule has 0 spiro atoms. The first kappa shape index (κ1) is 24.8. The lowest BCUT2D eigenvalue weighted by molar-refractivity contribution is -0.116. The predicted molar refractivity (Wildman–Crippen MR) is 116 cm³/mol. The van der Waals surface area contributed by atoms with Gasteiger partial charge in [-0.15, -0.1) is 36.2 Å². The van der Waals surface area contributed by atoms with Crippen molar-refractivity contribution >= 4 is 47.2 Å². The number of nitrogens with one attached hydrogen (secondary N) is 1. The van der Waals surface area contributed by atoms with Gasteiger partial charge in [0, 0.05) is 65.0 Å². The van der Waals surface area contributed by atoms with E-state index in [1.807, 2.05) is 24.8 Å². The molecule has 0 radical (unpaired) electrons. The van der Waals surface area contributed by atoms with Crippen LogP contribution in [0.4, 0.5) is 5.13 Å². The number of hydrogen-bond donors (Lipinski definition) is 1. The average Bonchev–Trinajstić information content (AvgIpc) is 3.25. The van der Waals surface area contributed by atoms with Crippen molar-refractivity contribution in [1.82, 2.24) is 24.8 Å². The number of imidazole rings is 1. The summed E-state index contributed by atoms with van der Waals surface area (Å²) in [5, 5.41) is 6.22.